The van der Waals surface area contributed by atoms with E-state index in [1.165, 1.54) is 29.0 Å². The molecule has 0 unspecified atom stereocenters. The monoisotopic (exact) mass is 371 g/mol. The van der Waals surface area contributed by atoms with Crippen LogP contribution in [-0.2, 0) is 4.79 Å². The van der Waals surface area contributed by atoms with Crippen molar-refractivity contribution in [1.29, 1.82) is 0 Å². The standard InChI is InChI=1S/C21H29N3OS/c1-2-17-7-5-6-12-24(17)20(25)15-23-13-10-16(11-14-23)21-22-18-8-3-4-9-19(18)26-21/h3-4,8-9,16-17H,2,5-7,10-15H2,1H3/t17-/m1/s1. The molecular formula is C21H29N3OS. The normalized spacial score (nSPS) is 22.8. The van der Waals surface area contributed by atoms with Gasteiger partial charge in [0.15, 0.2) is 0 Å². The number of piperidine rings is 2. The summed E-state index contributed by atoms with van der Waals surface area (Å²) >= 11 is 1.84. The predicted molar refractivity (Wildman–Crippen MR) is 108 cm³/mol. The number of para-hydroxylation sites is 1. The molecule has 1 aromatic carbocycles. The lowest BCUT2D eigenvalue weighted by Crippen LogP contribution is -2.49. The van der Waals surface area contributed by atoms with E-state index in [1.54, 1.807) is 0 Å². The minimum Gasteiger partial charge on any atom is -0.339 e. The fourth-order valence-corrected chi connectivity index (χ4v) is 5.57. The van der Waals surface area contributed by atoms with Crippen LogP contribution in [0.4, 0.5) is 0 Å². The molecule has 3 heterocycles. The summed E-state index contributed by atoms with van der Waals surface area (Å²) in [5.41, 5.74) is 1.13. The summed E-state index contributed by atoms with van der Waals surface area (Å²) in [6, 6.07) is 8.88. The maximum Gasteiger partial charge on any atom is 0.236 e. The average Bonchev–Trinajstić information content (AvgIpc) is 3.12. The Bertz CT molecular complexity index is 718. The number of hydrogen-bond donors (Lipinski definition) is 0. The van der Waals surface area contributed by atoms with Crippen LogP contribution in [-0.4, -0.2) is 52.9 Å². The molecule has 140 valence electrons. The molecule has 0 aliphatic carbocycles. The lowest BCUT2D eigenvalue weighted by molar-refractivity contribution is -0.136. The second kappa shape index (κ2) is 8.05. The molecule has 1 aromatic heterocycles. The Balaban J connectivity index is 1.32. The largest absolute Gasteiger partial charge is 0.339 e. The van der Waals surface area contributed by atoms with Gasteiger partial charge in [-0.05, 0) is 63.7 Å². The molecule has 2 aromatic rings. The Hall–Kier alpha value is -1.46. The number of benzene rings is 1. The van der Waals surface area contributed by atoms with Crippen molar-refractivity contribution in [3.8, 4) is 0 Å². The van der Waals surface area contributed by atoms with Crippen molar-refractivity contribution in [2.24, 2.45) is 0 Å². The van der Waals surface area contributed by atoms with E-state index in [0.717, 1.165) is 44.4 Å². The number of nitrogens with zero attached hydrogens (tertiary/aromatic N) is 3. The molecule has 2 aliphatic heterocycles. The van der Waals surface area contributed by atoms with E-state index in [-0.39, 0.29) is 0 Å². The first-order chi connectivity index (χ1) is 12.7. The molecule has 4 rings (SSSR count). The van der Waals surface area contributed by atoms with Crippen molar-refractivity contribution < 1.29 is 4.79 Å². The molecule has 4 nitrogen and oxygen atoms in total. The molecule has 1 atom stereocenters. The Labute approximate surface area is 160 Å². The number of likely N-dealkylation sites (tertiary alicyclic amines) is 2. The van der Waals surface area contributed by atoms with Crippen LogP contribution in [0.2, 0.25) is 0 Å². The third-order valence-corrected chi connectivity index (χ3v) is 7.22. The van der Waals surface area contributed by atoms with Crippen LogP contribution < -0.4 is 0 Å². The Kier molecular flexibility index (Phi) is 5.55. The van der Waals surface area contributed by atoms with Gasteiger partial charge in [-0.25, -0.2) is 4.98 Å². The van der Waals surface area contributed by atoms with Gasteiger partial charge in [0.1, 0.15) is 0 Å². The topological polar surface area (TPSA) is 36.4 Å². The molecule has 2 saturated heterocycles. The smallest absolute Gasteiger partial charge is 0.236 e. The van der Waals surface area contributed by atoms with Crippen LogP contribution in [0, 0.1) is 0 Å². The molecule has 0 saturated carbocycles. The quantitative estimate of drug-likeness (QED) is 0.805. The van der Waals surface area contributed by atoms with Crippen molar-refractivity contribution in [2.75, 3.05) is 26.2 Å². The summed E-state index contributed by atoms with van der Waals surface area (Å²) in [6.45, 7) is 5.79. The maximum absolute atomic E-state index is 12.8. The Morgan fingerprint density at radius 2 is 1.96 bits per heavy atom. The summed E-state index contributed by atoms with van der Waals surface area (Å²) in [4.78, 5) is 22.1. The zero-order valence-corrected chi connectivity index (χ0v) is 16.5. The SMILES string of the molecule is CC[C@@H]1CCCCN1C(=O)CN1CCC(c2nc3ccccc3s2)CC1. The van der Waals surface area contributed by atoms with Gasteiger partial charge < -0.3 is 4.90 Å². The summed E-state index contributed by atoms with van der Waals surface area (Å²) in [6.07, 6.45) is 6.94. The van der Waals surface area contributed by atoms with Gasteiger partial charge >= 0.3 is 0 Å². The van der Waals surface area contributed by atoms with Gasteiger partial charge in [0.2, 0.25) is 5.91 Å². The fraction of sp³-hybridized carbons (Fsp3) is 0.619. The van der Waals surface area contributed by atoms with Crippen LogP contribution in [0.3, 0.4) is 0 Å². The number of rotatable bonds is 4. The van der Waals surface area contributed by atoms with E-state index in [1.807, 2.05) is 11.3 Å². The van der Waals surface area contributed by atoms with Crippen molar-refractivity contribution in [3.63, 3.8) is 0 Å². The lowest BCUT2D eigenvalue weighted by atomic mass is 9.97. The van der Waals surface area contributed by atoms with E-state index in [4.69, 9.17) is 4.98 Å². The van der Waals surface area contributed by atoms with Gasteiger partial charge in [0.25, 0.3) is 0 Å². The van der Waals surface area contributed by atoms with Crippen LogP contribution in [0.25, 0.3) is 10.2 Å². The summed E-state index contributed by atoms with van der Waals surface area (Å²) in [5, 5.41) is 1.28. The van der Waals surface area contributed by atoms with Gasteiger partial charge in [-0.2, -0.15) is 0 Å². The molecule has 1 amide bonds. The number of hydrogen-bond acceptors (Lipinski definition) is 4. The molecular weight excluding hydrogens is 342 g/mol. The van der Waals surface area contributed by atoms with E-state index < -0.39 is 0 Å². The number of carbonyl (C=O) groups is 1. The van der Waals surface area contributed by atoms with Gasteiger partial charge in [-0.15, -0.1) is 11.3 Å². The third kappa shape index (κ3) is 3.79. The van der Waals surface area contributed by atoms with Crippen LogP contribution >= 0.6 is 11.3 Å². The van der Waals surface area contributed by atoms with Crippen molar-refractivity contribution in [1.82, 2.24) is 14.8 Å². The Morgan fingerprint density at radius 1 is 1.15 bits per heavy atom. The van der Waals surface area contributed by atoms with Crippen LogP contribution in [0.15, 0.2) is 24.3 Å². The van der Waals surface area contributed by atoms with Crippen molar-refractivity contribution in [3.05, 3.63) is 29.3 Å². The highest BCUT2D eigenvalue weighted by Crippen LogP contribution is 2.33. The molecule has 5 heteroatoms. The van der Waals surface area contributed by atoms with E-state index >= 15 is 0 Å². The van der Waals surface area contributed by atoms with E-state index in [9.17, 15) is 4.79 Å². The second-order valence-corrected chi connectivity index (χ2v) is 8.78. The maximum atomic E-state index is 12.8. The molecule has 0 N–H and O–H groups in total. The molecule has 0 radical (unpaired) electrons. The first kappa shape index (κ1) is 17.9. The highest BCUT2D eigenvalue weighted by molar-refractivity contribution is 7.18. The molecule has 0 spiro atoms. The zero-order chi connectivity index (χ0) is 17.9. The highest BCUT2D eigenvalue weighted by Gasteiger charge is 2.29. The molecule has 2 fully saturated rings. The van der Waals surface area contributed by atoms with Crippen molar-refractivity contribution >= 4 is 27.5 Å². The number of aromatic nitrogens is 1. The second-order valence-electron chi connectivity index (χ2n) is 7.72. The van der Waals surface area contributed by atoms with Gasteiger partial charge in [-0.3, -0.25) is 9.69 Å². The lowest BCUT2D eigenvalue weighted by Gasteiger charge is -2.38. The molecule has 2 aliphatic rings. The van der Waals surface area contributed by atoms with E-state index in [0.29, 0.717) is 24.4 Å². The van der Waals surface area contributed by atoms with Crippen LogP contribution in [0.1, 0.15) is 56.4 Å². The first-order valence-electron chi connectivity index (χ1n) is 10.1. The fourth-order valence-electron chi connectivity index (χ4n) is 4.44. The number of carbonyl (C=O) groups excluding carboxylic acids is 1. The van der Waals surface area contributed by atoms with Gasteiger partial charge in [0, 0.05) is 18.5 Å². The molecule has 0 bridgehead atoms. The average molecular weight is 372 g/mol. The Morgan fingerprint density at radius 3 is 2.73 bits per heavy atom. The minimum atomic E-state index is 0.343. The third-order valence-electron chi connectivity index (χ3n) is 6.02. The minimum absolute atomic E-state index is 0.343. The number of fused-ring (bicyclic) bond motifs is 1. The molecule has 26 heavy (non-hydrogen) atoms. The number of thiazole rings is 1. The number of amides is 1. The van der Waals surface area contributed by atoms with Gasteiger partial charge in [-0.1, -0.05) is 19.1 Å². The predicted octanol–water partition coefficient (Wildman–Crippen LogP) is 4.27. The first-order valence-corrected chi connectivity index (χ1v) is 10.9. The van der Waals surface area contributed by atoms with Crippen LogP contribution in [0.5, 0.6) is 0 Å². The summed E-state index contributed by atoms with van der Waals surface area (Å²) in [5.74, 6) is 0.895. The van der Waals surface area contributed by atoms with E-state index in [2.05, 4.69) is 41.0 Å². The highest BCUT2D eigenvalue weighted by atomic mass is 32.1. The zero-order valence-electron chi connectivity index (χ0n) is 15.7. The van der Waals surface area contributed by atoms with Gasteiger partial charge in [0.05, 0.1) is 21.8 Å². The summed E-state index contributed by atoms with van der Waals surface area (Å²) in [7, 11) is 0. The summed E-state index contributed by atoms with van der Waals surface area (Å²) < 4.78 is 1.29. The van der Waals surface area contributed by atoms with Crippen molar-refractivity contribution in [2.45, 2.75) is 57.4 Å².